The number of nitrogens with zero attached hydrogens (tertiary/aromatic N) is 1. The Labute approximate surface area is 75.6 Å². The molecule has 0 amide bonds. The normalized spacial score (nSPS) is 27.0. The molecule has 1 N–H and O–H groups in total. The number of hydrogen-bond acceptors (Lipinski definition) is 2. The second-order valence-corrected chi connectivity index (χ2v) is 4.22. The molecule has 1 fully saturated rings. The molecule has 2 heteroatoms. The van der Waals surface area contributed by atoms with E-state index in [0.717, 1.165) is 32.4 Å². The average molecular weight is 171 g/mol. The molecule has 0 bridgehead atoms. The summed E-state index contributed by atoms with van der Waals surface area (Å²) in [4.78, 5) is 2.29. The highest BCUT2D eigenvalue weighted by Gasteiger charge is 2.35. The van der Waals surface area contributed by atoms with Crippen LogP contribution in [0.2, 0.25) is 0 Å². The first-order chi connectivity index (χ1) is 5.58. The van der Waals surface area contributed by atoms with Crippen molar-refractivity contribution in [2.75, 3.05) is 20.1 Å². The molecule has 72 valence electrons. The molecule has 0 radical (unpaired) electrons. The van der Waals surface area contributed by atoms with Gasteiger partial charge in [0.25, 0.3) is 0 Å². The van der Waals surface area contributed by atoms with E-state index in [1.807, 2.05) is 0 Å². The summed E-state index contributed by atoms with van der Waals surface area (Å²) < 4.78 is 0. The van der Waals surface area contributed by atoms with Gasteiger partial charge in [0.05, 0.1) is 5.60 Å². The smallest absolute Gasteiger partial charge is 0.0697 e. The van der Waals surface area contributed by atoms with Crippen LogP contribution in [0.25, 0.3) is 0 Å². The summed E-state index contributed by atoms with van der Waals surface area (Å²) in [5, 5.41) is 10.2. The Morgan fingerprint density at radius 1 is 1.42 bits per heavy atom. The number of aliphatic hydroxyl groups is 1. The van der Waals surface area contributed by atoms with Crippen molar-refractivity contribution in [3.63, 3.8) is 0 Å². The van der Waals surface area contributed by atoms with E-state index in [1.165, 1.54) is 0 Å². The summed E-state index contributed by atoms with van der Waals surface area (Å²) >= 11 is 0. The van der Waals surface area contributed by atoms with Crippen LogP contribution in [0.5, 0.6) is 0 Å². The van der Waals surface area contributed by atoms with E-state index in [-0.39, 0.29) is 5.60 Å². The van der Waals surface area contributed by atoms with Gasteiger partial charge in [-0.1, -0.05) is 20.3 Å². The van der Waals surface area contributed by atoms with Gasteiger partial charge in [0.15, 0.2) is 0 Å². The van der Waals surface area contributed by atoms with Crippen molar-refractivity contribution in [1.29, 1.82) is 0 Å². The van der Waals surface area contributed by atoms with E-state index in [4.69, 9.17) is 0 Å². The Bertz CT molecular complexity index is 139. The zero-order chi connectivity index (χ0) is 9.19. The molecule has 1 rings (SSSR count). The van der Waals surface area contributed by atoms with E-state index in [2.05, 4.69) is 25.8 Å². The lowest BCUT2D eigenvalue weighted by Gasteiger charge is -2.40. The molecule has 1 heterocycles. The van der Waals surface area contributed by atoms with Crippen LogP contribution in [0.4, 0.5) is 0 Å². The van der Waals surface area contributed by atoms with Crippen LogP contribution in [0, 0.1) is 5.92 Å². The van der Waals surface area contributed by atoms with Crippen LogP contribution >= 0.6 is 0 Å². The summed E-state index contributed by atoms with van der Waals surface area (Å²) in [7, 11) is 2.12. The first kappa shape index (κ1) is 10.0. The van der Waals surface area contributed by atoms with Crippen molar-refractivity contribution < 1.29 is 5.11 Å². The Morgan fingerprint density at radius 3 is 2.33 bits per heavy atom. The monoisotopic (exact) mass is 171 g/mol. The fraction of sp³-hybridized carbons (Fsp3) is 1.00. The van der Waals surface area contributed by atoms with Gasteiger partial charge in [-0.05, 0) is 25.8 Å². The molecule has 0 aromatic heterocycles. The molecule has 1 aliphatic rings. The third kappa shape index (κ3) is 1.99. The average Bonchev–Trinajstić information content (AvgIpc) is 2.09. The fourth-order valence-corrected chi connectivity index (χ4v) is 1.88. The topological polar surface area (TPSA) is 23.5 Å². The minimum atomic E-state index is -0.374. The van der Waals surface area contributed by atoms with Crippen molar-refractivity contribution in [3.05, 3.63) is 0 Å². The highest BCUT2D eigenvalue weighted by molar-refractivity contribution is 4.88. The molecule has 2 nitrogen and oxygen atoms in total. The zero-order valence-electron chi connectivity index (χ0n) is 8.51. The number of rotatable bonds is 2. The van der Waals surface area contributed by atoms with Gasteiger partial charge in [-0.25, -0.2) is 0 Å². The van der Waals surface area contributed by atoms with Gasteiger partial charge < -0.3 is 10.0 Å². The minimum absolute atomic E-state index is 0.374. The Morgan fingerprint density at radius 2 is 1.92 bits per heavy atom. The molecule has 0 aromatic rings. The summed E-state index contributed by atoms with van der Waals surface area (Å²) in [5.41, 5.74) is -0.374. The molecule has 0 spiro atoms. The SMILES string of the molecule is CCC(C)C1(O)CCN(C)CC1. The van der Waals surface area contributed by atoms with E-state index in [0.29, 0.717) is 5.92 Å². The standard InChI is InChI=1S/C10H21NO/c1-4-9(2)10(12)5-7-11(3)8-6-10/h9,12H,4-8H2,1-3H3. The van der Waals surface area contributed by atoms with Crippen LogP contribution < -0.4 is 0 Å². The van der Waals surface area contributed by atoms with Gasteiger partial charge in [0, 0.05) is 13.1 Å². The molecule has 1 unspecified atom stereocenters. The molecule has 0 aromatic carbocycles. The maximum atomic E-state index is 10.2. The Hall–Kier alpha value is -0.0800. The lowest BCUT2D eigenvalue weighted by Crippen LogP contribution is -2.46. The fourth-order valence-electron chi connectivity index (χ4n) is 1.88. The van der Waals surface area contributed by atoms with E-state index < -0.39 is 0 Å². The van der Waals surface area contributed by atoms with Crippen molar-refractivity contribution in [2.45, 2.75) is 38.7 Å². The third-order valence-corrected chi connectivity index (χ3v) is 3.38. The van der Waals surface area contributed by atoms with Gasteiger partial charge in [0.1, 0.15) is 0 Å². The van der Waals surface area contributed by atoms with Gasteiger partial charge in [-0.2, -0.15) is 0 Å². The van der Waals surface area contributed by atoms with E-state index in [1.54, 1.807) is 0 Å². The van der Waals surface area contributed by atoms with Gasteiger partial charge in [0.2, 0.25) is 0 Å². The Kier molecular flexibility index (Phi) is 3.13. The largest absolute Gasteiger partial charge is 0.390 e. The Balaban J connectivity index is 2.49. The quantitative estimate of drug-likeness (QED) is 0.680. The molecule has 0 aliphatic carbocycles. The lowest BCUT2D eigenvalue weighted by molar-refractivity contribution is -0.0586. The van der Waals surface area contributed by atoms with Crippen molar-refractivity contribution in [3.8, 4) is 0 Å². The summed E-state index contributed by atoms with van der Waals surface area (Å²) in [5.74, 6) is 0.450. The van der Waals surface area contributed by atoms with Crippen molar-refractivity contribution in [1.82, 2.24) is 4.90 Å². The third-order valence-electron chi connectivity index (χ3n) is 3.38. The minimum Gasteiger partial charge on any atom is -0.390 e. The van der Waals surface area contributed by atoms with Gasteiger partial charge in [-0.15, -0.1) is 0 Å². The summed E-state index contributed by atoms with van der Waals surface area (Å²) in [6.07, 6.45) is 2.97. The van der Waals surface area contributed by atoms with Crippen LogP contribution in [0.1, 0.15) is 33.1 Å². The molecule has 1 atom stereocenters. The second kappa shape index (κ2) is 3.75. The van der Waals surface area contributed by atoms with Crippen molar-refractivity contribution >= 4 is 0 Å². The van der Waals surface area contributed by atoms with Crippen molar-refractivity contribution in [2.24, 2.45) is 5.92 Å². The zero-order valence-corrected chi connectivity index (χ0v) is 8.51. The van der Waals surface area contributed by atoms with E-state index in [9.17, 15) is 5.11 Å². The van der Waals surface area contributed by atoms with Crippen LogP contribution in [0.15, 0.2) is 0 Å². The number of hydrogen-bond donors (Lipinski definition) is 1. The van der Waals surface area contributed by atoms with Gasteiger partial charge >= 0.3 is 0 Å². The first-order valence-corrected chi connectivity index (χ1v) is 4.99. The molecular formula is C10H21NO. The highest BCUT2D eigenvalue weighted by Crippen LogP contribution is 2.30. The molecular weight excluding hydrogens is 150 g/mol. The molecule has 1 saturated heterocycles. The van der Waals surface area contributed by atoms with Crippen LogP contribution in [-0.4, -0.2) is 35.7 Å². The lowest BCUT2D eigenvalue weighted by atomic mass is 9.79. The second-order valence-electron chi connectivity index (χ2n) is 4.22. The number of piperidine rings is 1. The first-order valence-electron chi connectivity index (χ1n) is 4.99. The molecule has 0 saturated carbocycles. The molecule has 1 aliphatic heterocycles. The van der Waals surface area contributed by atoms with Crippen LogP contribution in [-0.2, 0) is 0 Å². The number of likely N-dealkylation sites (tertiary alicyclic amines) is 1. The maximum absolute atomic E-state index is 10.2. The summed E-state index contributed by atoms with van der Waals surface area (Å²) in [6, 6.07) is 0. The van der Waals surface area contributed by atoms with Crippen LogP contribution in [0.3, 0.4) is 0 Å². The highest BCUT2D eigenvalue weighted by atomic mass is 16.3. The van der Waals surface area contributed by atoms with E-state index >= 15 is 0 Å². The predicted octanol–water partition coefficient (Wildman–Crippen LogP) is 1.49. The van der Waals surface area contributed by atoms with Gasteiger partial charge in [-0.3, -0.25) is 0 Å². The summed E-state index contributed by atoms with van der Waals surface area (Å²) in [6.45, 7) is 6.40. The predicted molar refractivity (Wildman–Crippen MR) is 51.1 cm³/mol. The molecule has 12 heavy (non-hydrogen) atoms. The maximum Gasteiger partial charge on any atom is 0.0697 e.